The second kappa shape index (κ2) is 5.16. The lowest BCUT2D eigenvalue weighted by molar-refractivity contribution is -0.146. The summed E-state index contributed by atoms with van der Waals surface area (Å²) in [6.45, 7) is 0. The molecule has 0 saturated heterocycles. The molecule has 1 N–H and O–H groups in total. The molecule has 25 heavy (non-hydrogen) atoms. The van der Waals surface area contributed by atoms with Gasteiger partial charge in [0.15, 0.2) is 11.5 Å². The molecule has 2 aromatic heterocycles. The maximum Gasteiger partial charge on any atom is 0.453 e. The van der Waals surface area contributed by atoms with Crippen LogP contribution in [-0.4, -0.2) is 32.8 Å². The number of carbonyl (C=O) groups is 1. The highest BCUT2D eigenvalue weighted by atomic mass is 19.4. The number of carbonyl (C=O) groups excluding carboxylic acids is 1. The van der Waals surface area contributed by atoms with E-state index in [9.17, 15) is 18.0 Å². The molecule has 7 nitrogen and oxygen atoms in total. The Morgan fingerprint density at radius 1 is 1.16 bits per heavy atom. The van der Waals surface area contributed by atoms with Crippen molar-refractivity contribution in [2.24, 2.45) is 0 Å². The minimum atomic E-state index is -4.65. The number of rotatable bonds is 2. The molecule has 0 unspecified atom stereocenters. The first kappa shape index (κ1) is 15.4. The first-order valence-electron chi connectivity index (χ1n) is 7.29. The van der Waals surface area contributed by atoms with Crippen molar-refractivity contribution >= 4 is 28.7 Å². The van der Waals surface area contributed by atoms with E-state index in [4.69, 9.17) is 0 Å². The van der Waals surface area contributed by atoms with Gasteiger partial charge >= 0.3 is 6.18 Å². The van der Waals surface area contributed by atoms with Gasteiger partial charge in [0, 0.05) is 18.4 Å². The van der Waals surface area contributed by atoms with Gasteiger partial charge in [-0.05, 0) is 35.9 Å². The Morgan fingerprint density at radius 3 is 2.72 bits per heavy atom. The molecule has 0 spiro atoms. The van der Waals surface area contributed by atoms with Gasteiger partial charge in [-0.25, -0.2) is 0 Å². The van der Waals surface area contributed by atoms with Gasteiger partial charge in [-0.15, -0.1) is 15.3 Å². The fourth-order valence-corrected chi connectivity index (χ4v) is 2.73. The van der Waals surface area contributed by atoms with Crippen molar-refractivity contribution in [3.63, 3.8) is 0 Å². The summed E-state index contributed by atoms with van der Waals surface area (Å²) in [7, 11) is 1.70. The van der Waals surface area contributed by atoms with Gasteiger partial charge in [0.1, 0.15) is 0 Å². The molecule has 3 aromatic rings. The summed E-state index contributed by atoms with van der Waals surface area (Å²) in [5.74, 6) is -0.992. The van der Waals surface area contributed by atoms with E-state index >= 15 is 0 Å². The standard InChI is InChI=1S/C15H11F3N6O/c1-23-10-3-2-9(6-8(10)7-13(23)25)19-11-4-5-12-20-21-14(15(16,17)18)24(12)22-11/h2-6H,7H2,1H3,(H,19,22). The molecule has 0 fully saturated rings. The Balaban J connectivity index is 1.68. The van der Waals surface area contributed by atoms with Crippen LogP contribution in [0.1, 0.15) is 11.4 Å². The number of hydrogen-bond acceptors (Lipinski definition) is 5. The Labute approximate surface area is 139 Å². The molecule has 10 heteroatoms. The molecule has 1 aliphatic rings. The van der Waals surface area contributed by atoms with E-state index in [1.165, 1.54) is 12.1 Å². The number of halogens is 3. The van der Waals surface area contributed by atoms with Crippen molar-refractivity contribution in [3.05, 3.63) is 41.7 Å². The first-order valence-corrected chi connectivity index (χ1v) is 7.29. The number of nitrogens with one attached hydrogen (secondary N) is 1. The minimum Gasteiger partial charge on any atom is -0.339 e. The van der Waals surface area contributed by atoms with Crippen molar-refractivity contribution in [1.82, 2.24) is 19.8 Å². The zero-order valence-electron chi connectivity index (χ0n) is 12.9. The van der Waals surface area contributed by atoms with Gasteiger partial charge in [0.25, 0.3) is 5.82 Å². The van der Waals surface area contributed by atoms with E-state index in [-0.39, 0.29) is 23.8 Å². The van der Waals surface area contributed by atoms with Crippen LogP contribution in [0.5, 0.6) is 0 Å². The number of amides is 1. The van der Waals surface area contributed by atoms with Crippen LogP contribution in [0.15, 0.2) is 30.3 Å². The van der Waals surface area contributed by atoms with E-state index < -0.39 is 12.0 Å². The van der Waals surface area contributed by atoms with Crippen molar-refractivity contribution in [2.45, 2.75) is 12.6 Å². The van der Waals surface area contributed by atoms with Crippen LogP contribution < -0.4 is 10.2 Å². The minimum absolute atomic E-state index is 0.000880. The number of nitrogens with zero attached hydrogens (tertiary/aromatic N) is 5. The third kappa shape index (κ3) is 2.55. The molecule has 0 radical (unpaired) electrons. The van der Waals surface area contributed by atoms with Gasteiger partial charge in [0.05, 0.1) is 6.42 Å². The normalized spacial score (nSPS) is 14.2. The summed E-state index contributed by atoms with van der Waals surface area (Å²) in [5, 5.41) is 13.4. The van der Waals surface area contributed by atoms with Crippen LogP contribution in [-0.2, 0) is 17.4 Å². The average Bonchev–Trinajstić information content (AvgIpc) is 3.08. The molecule has 0 saturated carbocycles. The molecular weight excluding hydrogens is 337 g/mol. The highest BCUT2D eigenvalue weighted by Gasteiger charge is 2.37. The maximum atomic E-state index is 12.9. The van der Waals surface area contributed by atoms with Crippen LogP contribution in [0.25, 0.3) is 5.65 Å². The van der Waals surface area contributed by atoms with E-state index in [2.05, 4.69) is 20.6 Å². The van der Waals surface area contributed by atoms with Gasteiger partial charge in [-0.2, -0.15) is 17.7 Å². The van der Waals surface area contributed by atoms with Gasteiger partial charge in [-0.3, -0.25) is 4.79 Å². The van der Waals surface area contributed by atoms with Gasteiger partial charge in [0.2, 0.25) is 5.91 Å². The van der Waals surface area contributed by atoms with Crippen molar-refractivity contribution < 1.29 is 18.0 Å². The van der Waals surface area contributed by atoms with Crippen LogP contribution in [0.3, 0.4) is 0 Å². The molecule has 0 aliphatic carbocycles. The summed E-state index contributed by atoms with van der Waals surface area (Å²) < 4.78 is 39.4. The highest BCUT2D eigenvalue weighted by molar-refractivity contribution is 6.01. The fourth-order valence-electron chi connectivity index (χ4n) is 2.73. The summed E-state index contributed by atoms with van der Waals surface area (Å²) in [5.41, 5.74) is 2.28. The number of alkyl halides is 3. The maximum absolute atomic E-state index is 12.9. The highest BCUT2D eigenvalue weighted by Crippen LogP contribution is 2.31. The predicted octanol–water partition coefficient (Wildman–Crippen LogP) is 2.41. The van der Waals surface area contributed by atoms with E-state index in [1.807, 2.05) is 0 Å². The fraction of sp³-hybridized carbons (Fsp3) is 0.200. The molecule has 1 aromatic carbocycles. The number of likely N-dealkylation sites (N-methyl/N-ethyl adjacent to an activating group) is 1. The summed E-state index contributed by atoms with van der Waals surface area (Å²) in [6, 6.07) is 8.19. The first-order chi connectivity index (χ1) is 11.8. The third-order valence-corrected chi connectivity index (χ3v) is 3.95. The van der Waals surface area contributed by atoms with Crippen molar-refractivity contribution in [3.8, 4) is 0 Å². The molecule has 0 bridgehead atoms. The second-order valence-corrected chi connectivity index (χ2v) is 5.61. The molecule has 1 aliphatic heterocycles. The lowest BCUT2D eigenvalue weighted by atomic mass is 10.1. The summed E-state index contributed by atoms with van der Waals surface area (Å²) >= 11 is 0. The summed E-state index contributed by atoms with van der Waals surface area (Å²) in [6.07, 6.45) is -4.36. The SMILES string of the molecule is CN1C(=O)Cc2cc(Nc3ccc4nnc(C(F)(F)F)n4n3)ccc21. The second-order valence-electron chi connectivity index (χ2n) is 5.61. The zero-order valence-corrected chi connectivity index (χ0v) is 12.9. The molecule has 4 rings (SSSR count). The molecule has 0 atom stereocenters. The predicted molar refractivity (Wildman–Crippen MR) is 82.6 cm³/mol. The number of hydrogen-bond donors (Lipinski definition) is 1. The molecule has 128 valence electrons. The van der Waals surface area contributed by atoms with Crippen LogP contribution in [0.2, 0.25) is 0 Å². The quantitative estimate of drug-likeness (QED) is 0.770. The number of fused-ring (bicyclic) bond motifs is 2. The monoisotopic (exact) mass is 348 g/mol. The smallest absolute Gasteiger partial charge is 0.339 e. The van der Waals surface area contributed by atoms with E-state index in [0.717, 1.165) is 11.3 Å². The van der Waals surface area contributed by atoms with Gasteiger partial charge in [-0.1, -0.05) is 0 Å². The Morgan fingerprint density at radius 2 is 1.96 bits per heavy atom. The Kier molecular flexibility index (Phi) is 3.17. The van der Waals surface area contributed by atoms with Crippen LogP contribution >= 0.6 is 0 Å². The number of aromatic nitrogens is 4. The Bertz CT molecular complexity index is 997. The largest absolute Gasteiger partial charge is 0.453 e. The lowest BCUT2D eigenvalue weighted by Gasteiger charge is -2.11. The van der Waals surface area contributed by atoms with Crippen molar-refractivity contribution in [1.29, 1.82) is 0 Å². The van der Waals surface area contributed by atoms with Gasteiger partial charge < -0.3 is 10.2 Å². The molecule has 1 amide bonds. The van der Waals surface area contributed by atoms with Crippen LogP contribution in [0, 0.1) is 0 Å². The molecular formula is C15H11F3N6O. The number of benzene rings is 1. The average molecular weight is 348 g/mol. The van der Waals surface area contributed by atoms with Crippen LogP contribution in [0.4, 0.5) is 30.4 Å². The summed E-state index contributed by atoms with van der Waals surface area (Å²) in [4.78, 5) is 13.3. The van der Waals surface area contributed by atoms with E-state index in [1.54, 1.807) is 30.1 Å². The third-order valence-electron chi connectivity index (χ3n) is 3.95. The van der Waals surface area contributed by atoms with E-state index in [0.29, 0.717) is 10.2 Å². The zero-order chi connectivity index (χ0) is 17.8. The molecule has 3 heterocycles. The Hall–Kier alpha value is -3.17. The lowest BCUT2D eigenvalue weighted by Crippen LogP contribution is -2.20. The van der Waals surface area contributed by atoms with Crippen molar-refractivity contribution in [2.75, 3.05) is 17.3 Å². The number of anilines is 3. The topological polar surface area (TPSA) is 75.4 Å².